The zero-order chi connectivity index (χ0) is 15.1. The van der Waals surface area contributed by atoms with Gasteiger partial charge in [-0.05, 0) is 13.3 Å². The molecule has 1 amide bonds. The van der Waals surface area contributed by atoms with Gasteiger partial charge in [-0.1, -0.05) is 77.6 Å². The Morgan fingerprint density at radius 2 is 1.10 bits per heavy atom. The van der Waals surface area contributed by atoms with Crippen LogP contribution in [0.3, 0.4) is 0 Å². The van der Waals surface area contributed by atoms with Crippen LogP contribution in [0.2, 0.25) is 0 Å². The van der Waals surface area contributed by atoms with Gasteiger partial charge in [-0.25, -0.2) is 0 Å². The van der Waals surface area contributed by atoms with Crippen molar-refractivity contribution < 1.29 is 4.79 Å². The van der Waals surface area contributed by atoms with Gasteiger partial charge in [0.2, 0.25) is 5.91 Å². The van der Waals surface area contributed by atoms with Crippen molar-refractivity contribution in [1.29, 1.82) is 0 Å². The molecule has 0 atom stereocenters. The maximum Gasteiger partial charge on any atom is 0.222 e. The van der Waals surface area contributed by atoms with E-state index in [1.807, 2.05) is 18.9 Å². The maximum absolute atomic E-state index is 11.6. The molecule has 0 rings (SSSR count). The molecule has 0 aromatic carbocycles. The van der Waals surface area contributed by atoms with Gasteiger partial charge in [0.15, 0.2) is 0 Å². The number of hydrogen-bond acceptors (Lipinski definition) is 1. The average molecular weight is 284 g/mol. The Bertz CT molecular complexity index is 215. The molecule has 0 saturated heterocycles. The molecule has 0 fully saturated rings. The molecule has 0 aliphatic heterocycles. The molecule has 2 heteroatoms. The smallest absolute Gasteiger partial charge is 0.222 e. The summed E-state index contributed by atoms with van der Waals surface area (Å²) in [4.78, 5) is 13.4. The highest BCUT2D eigenvalue weighted by Gasteiger charge is 2.04. The van der Waals surface area contributed by atoms with Gasteiger partial charge in [0, 0.05) is 20.0 Å². The van der Waals surface area contributed by atoms with Crippen LogP contribution in [0.15, 0.2) is 0 Å². The third kappa shape index (κ3) is 12.5. The first-order valence-corrected chi connectivity index (χ1v) is 8.96. The van der Waals surface area contributed by atoms with Gasteiger partial charge in [0.25, 0.3) is 0 Å². The Labute approximate surface area is 127 Å². The van der Waals surface area contributed by atoms with E-state index in [0.717, 1.165) is 19.4 Å². The SMILES string of the molecule is CCCCCCCCCCCCCCC(=O)N(C)CC. The van der Waals surface area contributed by atoms with E-state index in [0.29, 0.717) is 5.91 Å². The number of nitrogens with zero attached hydrogens (tertiary/aromatic N) is 1. The lowest BCUT2D eigenvalue weighted by atomic mass is 10.0. The molecular weight excluding hydrogens is 246 g/mol. The predicted molar refractivity (Wildman–Crippen MR) is 89.0 cm³/mol. The molecular formula is C18H37NO. The number of hydrogen-bond donors (Lipinski definition) is 0. The molecule has 0 heterocycles. The number of rotatable bonds is 14. The van der Waals surface area contributed by atoms with Crippen molar-refractivity contribution in [3.8, 4) is 0 Å². The van der Waals surface area contributed by atoms with Crippen LogP contribution in [0, 0.1) is 0 Å². The van der Waals surface area contributed by atoms with Gasteiger partial charge >= 0.3 is 0 Å². The lowest BCUT2D eigenvalue weighted by Gasteiger charge is -2.13. The summed E-state index contributed by atoms with van der Waals surface area (Å²) < 4.78 is 0. The molecule has 0 saturated carbocycles. The highest BCUT2D eigenvalue weighted by atomic mass is 16.2. The molecule has 0 spiro atoms. The van der Waals surface area contributed by atoms with E-state index in [2.05, 4.69) is 6.92 Å². The van der Waals surface area contributed by atoms with Gasteiger partial charge in [-0.2, -0.15) is 0 Å². The summed E-state index contributed by atoms with van der Waals surface area (Å²) >= 11 is 0. The van der Waals surface area contributed by atoms with E-state index in [1.165, 1.54) is 70.6 Å². The molecule has 0 aliphatic carbocycles. The van der Waals surface area contributed by atoms with E-state index < -0.39 is 0 Å². The maximum atomic E-state index is 11.6. The van der Waals surface area contributed by atoms with Crippen molar-refractivity contribution in [2.75, 3.05) is 13.6 Å². The summed E-state index contributed by atoms with van der Waals surface area (Å²) in [5.74, 6) is 0.305. The van der Waals surface area contributed by atoms with Crippen LogP contribution in [-0.4, -0.2) is 24.4 Å². The van der Waals surface area contributed by atoms with Gasteiger partial charge in [-0.15, -0.1) is 0 Å². The molecule has 0 bridgehead atoms. The second-order valence-corrected chi connectivity index (χ2v) is 6.05. The molecule has 0 aliphatic rings. The minimum absolute atomic E-state index is 0.305. The number of carbonyl (C=O) groups excluding carboxylic acids is 1. The summed E-state index contributed by atoms with van der Waals surface area (Å²) in [6, 6.07) is 0. The molecule has 0 N–H and O–H groups in total. The minimum atomic E-state index is 0.305. The Morgan fingerprint density at radius 3 is 1.50 bits per heavy atom. The first-order valence-electron chi connectivity index (χ1n) is 8.96. The second kappa shape index (κ2) is 14.9. The number of unbranched alkanes of at least 4 members (excludes halogenated alkanes) is 11. The molecule has 120 valence electrons. The Kier molecular flexibility index (Phi) is 14.5. The van der Waals surface area contributed by atoms with Crippen molar-refractivity contribution in [1.82, 2.24) is 4.90 Å². The van der Waals surface area contributed by atoms with Crippen LogP contribution < -0.4 is 0 Å². The lowest BCUT2D eigenvalue weighted by Crippen LogP contribution is -2.25. The third-order valence-corrected chi connectivity index (χ3v) is 4.14. The first-order chi connectivity index (χ1) is 9.72. The van der Waals surface area contributed by atoms with Crippen molar-refractivity contribution in [3.05, 3.63) is 0 Å². The second-order valence-electron chi connectivity index (χ2n) is 6.05. The van der Waals surface area contributed by atoms with Crippen molar-refractivity contribution in [2.24, 2.45) is 0 Å². The van der Waals surface area contributed by atoms with Crippen LogP contribution in [0.4, 0.5) is 0 Å². The van der Waals surface area contributed by atoms with Crippen molar-refractivity contribution >= 4 is 5.91 Å². The zero-order valence-corrected chi connectivity index (χ0v) is 14.3. The third-order valence-electron chi connectivity index (χ3n) is 4.14. The lowest BCUT2D eigenvalue weighted by molar-refractivity contribution is -0.129. The van der Waals surface area contributed by atoms with Crippen LogP contribution in [0.5, 0.6) is 0 Å². The Hall–Kier alpha value is -0.530. The molecule has 20 heavy (non-hydrogen) atoms. The predicted octanol–water partition coefficient (Wildman–Crippen LogP) is 5.56. The standard InChI is InChI=1S/C18H37NO/c1-4-6-7-8-9-10-11-12-13-14-15-16-17-18(20)19(3)5-2/h4-17H2,1-3H3. The summed E-state index contributed by atoms with van der Waals surface area (Å²) in [5, 5.41) is 0. The van der Waals surface area contributed by atoms with E-state index in [9.17, 15) is 4.79 Å². The van der Waals surface area contributed by atoms with E-state index >= 15 is 0 Å². The van der Waals surface area contributed by atoms with Crippen LogP contribution in [-0.2, 0) is 4.79 Å². The fourth-order valence-corrected chi connectivity index (χ4v) is 2.48. The average Bonchev–Trinajstić information content (AvgIpc) is 2.47. The highest BCUT2D eigenvalue weighted by Crippen LogP contribution is 2.12. The van der Waals surface area contributed by atoms with Gasteiger partial charge in [-0.3, -0.25) is 4.79 Å². The molecule has 0 aromatic rings. The topological polar surface area (TPSA) is 20.3 Å². The largest absolute Gasteiger partial charge is 0.346 e. The molecule has 0 unspecified atom stereocenters. The molecule has 2 nitrogen and oxygen atoms in total. The quantitative estimate of drug-likeness (QED) is 0.382. The Balaban J connectivity index is 3.11. The van der Waals surface area contributed by atoms with Gasteiger partial charge in [0.1, 0.15) is 0 Å². The summed E-state index contributed by atoms with van der Waals surface area (Å²) in [6.45, 7) is 5.13. The normalized spacial score (nSPS) is 10.8. The minimum Gasteiger partial charge on any atom is -0.346 e. The van der Waals surface area contributed by atoms with Gasteiger partial charge < -0.3 is 4.90 Å². The fourth-order valence-electron chi connectivity index (χ4n) is 2.48. The molecule has 0 aromatic heterocycles. The van der Waals surface area contributed by atoms with Gasteiger partial charge in [0.05, 0.1) is 0 Å². The highest BCUT2D eigenvalue weighted by molar-refractivity contribution is 5.75. The van der Waals surface area contributed by atoms with E-state index in [1.54, 1.807) is 0 Å². The van der Waals surface area contributed by atoms with Crippen molar-refractivity contribution in [3.63, 3.8) is 0 Å². The first kappa shape index (κ1) is 19.5. The zero-order valence-electron chi connectivity index (χ0n) is 14.3. The van der Waals surface area contributed by atoms with Crippen LogP contribution >= 0.6 is 0 Å². The molecule has 0 radical (unpaired) electrons. The van der Waals surface area contributed by atoms with E-state index in [4.69, 9.17) is 0 Å². The van der Waals surface area contributed by atoms with E-state index in [-0.39, 0.29) is 0 Å². The summed E-state index contributed by atoms with van der Waals surface area (Å²) in [5.41, 5.74) is 0. The summed E-state index contributed by atoms with van der Waals surface area (Å²) in [7, 11) is 1.89. The number of amides is 1. The van der Waals surface area contributed by atoms with Crippen LogP contribution in [0.25, 0.3) is 0 Å². The number of carbonyl (C=O) groups is 1. The monoisotopic (exact) mass is 283 g/mol. The summed E-state index contributed by atoms with van der Waals surface area (Å²) in [6.07, 6.45) is 16.9. The van der Waals surface area contributed by atoms with Crippen LogP contribution in [0.1, 0.15) is 97.3 Å². The fraction of sp³-hybridized carbons (Fsp3) is 0.944. The Morgan fingerprint density at radius 1 is 0.700 bits per heavy atom. The van der Waals surface area contributed by atoms with Crippen molar-refractivity contribution in [2.45, 2.75) is 97.3 Å².